The normalized spacial score (nSPS) is 13.0. The third kappa shape index (κ3) is 4.87. The molecule has 1 aliphatic rings. The minimum Gasteiger partial charge on any atom is -0.383 e. The Kier molecular flexibility index (Phi) is 7.23. The minimum absolute atomic E-state index is 0.140. The second-order valence-electron chi connectivity index (χ2n) is 7.43. The molecule has 32 heavy (non-hydrogen) atoms. The van der Waals surface area contributed by atoms with E-state index < -0.39 is 5.91 Å². The second-order valence-corrected chi connectivity index (χ2v) is 9.48. The number of thiophene rings is 1. The van der Waals surface area contributed by atoms with Crippen LogP contribution in [0.15, 0.2) is 35.5 Å². The molecule has 2 aromatic heterocycles. The number of rotatable bonds is 9. The zero-order valence-corrected chi connectivity index (χ0v) is 19.4. The number of ether oxygens (including phenoxy) is 1. The molecule has 3 aromatic rings. The summed E-state index contributed by atoms with van der Waals surface area (Å²) in [5.41, 5.74) is 8.05. The van der Waals surface area contributed by atoms with E-state index in [0.717, 1.165) is 47.5 Å². The highest BCUT2D eigenvalue weighted by atomic mass is 32.2. The molecule has 0 saturated carbocycles. The summed E-state index contributed by atoms with van der Waals surface area (Å²) in [5, 5.41) is 12.7. The molecule has 4 rings (SSSR count). The number of nitrogens with two attached hydrogens (primary N) is 1. The van der Waals surface area contributed by atoms with Gasteiger partial charge in [-0.25, -0.2) is 0 Å². The molecule has 1 aromatic carbocycles. The molecule has 10 heteroatoms. The van der Waals surface area contributed by atoms with Crippen molar-refractivity contribution >= 4 is 39.9 Å². The number of anilines is 1. The number of aryl methyl sites for hydroxylation is 1. The fourth-order valence-corrected chi connectivity index (χ4v) is 5.86. The van der Waals surface area contributed by atoms with Crippen molar-refractivity contribution in [1.29, 1.82) is 0 Å². The molecule has 0 spiro atoms. The Bertz CT molecular complexity index is 1110. The lowest BCUT2D eigenvalue weighted by atomic mass is 9.95. The van der Waals surface area contributed by atoms with E-state index in [1.807, 2.05) is 34.9 Å². The molecule has 2 amide bonds. The number of hydrogen-bond acceptors (Lipinski definition) is 7. The molecule has 0 aliphatic heterocycles. The van der Waals surface area contributed by atoms with Gasteiger partial charge in [-0.15, -0.1) is 21.5 Å². The Morgan fingerprint density at radius 1 is 1.22 bits per heavy atom. The molecule has 2 heterocycles. The molecule has 0 bridgehead atoms. The first kappa shape index (κ1) is 22.5. The van der Waals surface area contributed by atoms with Crippen LogP contribution in [0.5, 0.6) is 0 Å². The van der Waals surface area contributed by atoms with Gasteiger partial charge >= 0.3 is 0 Å². The maximum atomic E-state index is 12.7. The van der Waals surface area contributed by atoms with Gasteiger partial charge in [-0.1, -0.05) is 42.1 Å². The van der Waals surface area contributed by atoms with Gasteiger partial charge < -0.3 is 15.8 Å². The average molecular weight is 472 g/mol. The molecule has 168 valence electrons. The number of carbonyl (C=O) groups is 2. The van der Waals surface area contributed by atoms with Gasteiger partial charge in [-0.05, 0) is 31.2 Å². The number of benzene rings is 1. The van der Waals surface area contributed by atoms with Crippen molar-refractivity contribution in [3.8, 4) is 11.4 Å². The van der Waals surface area contributed by atoms with Gasteiger partial charge in [0.25, 0.3) is 5.91 Å². The summed E-state index contributed by atoms with van der Waals surface area (Å²) in [7, 11) is 1.64. The van der Waals surface area contributed by atoms with Gasteiger partial charge in [0.05, 0.1) is 24.5 Å². The van der Waals surface area contributed by atoms with E-state index in [2.05, 4.69) is 15.5 Å². The van der Waals surface area contributed by atoms with Gasteiger partial charge in [0, 0.05) is 17.6 Å². The topological polar surface area (TPSA) is 112 Å². The molecule has 0 radical (unpaired) electrons. The van der Waals surface area contributed by atoms with Crippen LogP contribution >= 0.6 is 23.1 Å². The van der Waals surface area contributed by atoms with Gasteiger partial charge in [-0.3, -0.25) is 14.2 Å². The average Bonchev–Trinajstić information content (AvgIpc) is 3.37. The number of fused-ring (bicyclic) bond motifs is 1. The van der Waals surface area contributed by atoms with E-state index in [0.29, 0.717) is 28.9 Å². The van der Waals surface area contributed by atoms with Crippen LogP contribution in [-0.2, 0) is 28.9 Å². The zero-order valence-electron chi connectivity index (χ0n) is 17.8. The number of primary amides is 1. The number of carbonyl (C=O) groups excluding carboxylic acids is 2. The number of thioether (sulfide) groups is 1. The smallest absolute Gasteiger partial charge is 0.251 e. The maximum absolute atomic E-state index is 12.7. The summed E-state index contributed by atoms with van der Waals surface area (Å²) >= 11 is 2.76. The largest absolute Gasteiger partial charge is 0.383 e. The Morgan fingerprint density at radius 2 is 2.00 bits per heavy atom. The standard InChI is InChI=1S/C22H25N5O3S2/c1-30-12-11-27-20(14-7-3-2-4-8-14)25-26-22(27)31-13-17(28)24-21-18(19(23)29)15-9-5-6-10-16(15)32-21/h2-4,7-8H,5-6,9-13H2,1H3,(H2,23,29)(H,24,28). The Balaban J connectivity index is 1.48. The summed E-state index contributed by atoms with van der Waals surface area (Å²) in [6.45, 7) is 1.07. The first-order valence-corrected chi connectivity index (χ1v) is 12.2. The highest BCUT2D eigenvalue weighted by molar-refractivity contribution is 7.99. The monoisotopic (exact) mass is 471 g/mol. The highest BCUT2D eigenvalue weighted by Crippen LogP contribution is 2.38. The lowest BCUT2D eigenvalue weighted by Gasteiger charge is -2.11. The van der Waals surface area contributed by atoms with Crippen molar-refractivity contribution in [1.82, 2.24) is 14.8 Å². The van der Waals surface area contributed by atoms with Gasteiger partial charge in [0.15, 0.2) is 11.0 Å². The fourth-order valence-electron chi connectivity index (χ4n) is 3.79. The number of hydrogen-bond donors (Lipinski definition) is 2. The molecule has 3 N–H and O–H groups in total. The maximum Gasteiger partial charge on any atom is 0.251 e. The van der Waals surface area contributed by atoms with Gasteiger partial charge in [-0.2, -0.15) is 0 Å². The molecular weight excluding hydrogens is 446 g/mol. The first-order chi connectivity index (χ1) is 15.6. The van der Waals surface area contributed by atoms with Crippen LogP contribution in [0.2, 0.25) is 0 Å². The second kappa shape index (κ2) is 10.3. The highest BCUT2D eigenvalue weighted by Gasteiger charge is 2.25. The van der Waals surface area contributed by atoms with Crippen LogP contribution in [0.1, 0.15) is 33.6 Å². The van der Waals surface area contributed by atoms with Crippen LogP contribution in [0, 0.1) is 0 Å². The van der Waals surface area contributed by atoms with Crippen LogP contribution in [0.25, 0.3) is 11.4 Å². The summed E-state index contributed by atoms with van der Waals surface area (Å²) in [6, 6.07) is 9.78. The lowest BCUT2D eigenvalue weighted by Crippen LogP contribution is -2.19. The van der Waals surface area contributed by atoms with E-state index in [-0.39, 0.29) is 11.7 Å². The SMILES string of the molecule is COCCn1c(SCC(=O)Nc2sc3c(c2C(N)=O)CCCC3)nnc1-c1ccccc1. The van der Waals surface area contributed by atoms with E-state index in [4.69, 9.17) is 10.5 Å². The number of aromatic nitrogens is 3. The van der Waals surface area contributed by atoms with Crippen molar-refractivity contribution in [2.45, 2.75) is 37.4 Å². The predicted molar refractivity (Wildman–Crippen MR) is 126 cm³/mol. The summed E-state index contributed by atoms with van der Waals surface area (Å²) in [4.78, 5) is 25.9. The van der Waals surface area contributed by atoms with E-state index in [1.54, 1.807) is 7.11 Å². The Labute approximate surface area is 194 Å². The third-order valence-corrected chi connectivity index (χ3v) is 7.44. The number of nitrogens with one attached hydrogen (secondary N) is 1. The number of nitrogens with zero attached hydrogens (tertiary/aromatic N) is 3. The van der Waals surface area contributed by atoms with E-state index in [1.165, 1.54) is 23.1 Å². The Morgan fingerprint density at radius 3 is 2.75 bits per heavy atom. The third-order valence-electron chi connectivity index (χ3n) is 5.27. The quantitative estimate of drug-likeness (QED) is 0.463. The summed E-state index contributed by atoms with van der Waals surface area (Å²) in [6.07, 6.45) is 3.89. The first-order valence-electron chi connectivity index (χ1n) is 10.4. The lowest BCUT2D eigenvalue weighted by molar-refractivity contribution is -0.113. The van der Waals surface area contributed by atoms with Gasteiger partial charge in [0.2, 0.25) is 5.91 Å². The Hall–Kier alpha value is -2.69. The molecular formula is C22H25N5O3S2. The van der Waals surface area contributed by atoms with E-state index >= 15 is 0 Å². The van der Waals surface area contributed by atoms with Crippen LogP contribution < -0.4 is 11.1 Å². The van der Waals surface area contributed by atoms with Crippen LogP contribution in [-0.4, -0.2) is 46.0 Å². The molecule has 0 saturated heterocycles. The number of amides is 2. The minimum atomic E-state index is -0.487. The fraction of sp³-hybridized carbons (Fsp3) is 0.364. The molecule has 0 unspecified atom stereocenters. The molecule has 0 fully saturated rings. The van der Waals surface area contributed by atoms with Gasteiger partial charge in [0.1, 0.15) is 5.00 Å². The van der Waals surface area contributed by atoms with Crippen molar-refractivity contribution in [2.24, 2.45) is 5.73 Å². The van der Waals surface area contributed by atoms with Crippen LogP contribution in [0.4, 0.5) is 5.00 Å². The van der Waals surface area contributed by atoms with Crippen molar-refractivity contribution in [2.75, 3.05) is 24.8 Å². The van der Waals surface area contributed by atoms with Crippen LogP contribution in [0.3, 0.4) is 0 Å². The zero-order chi connectivity index (χ0) is 22.5. The van der Waals surface area contributed by atoms with E-state index in [9.17, 15) is 9.59 Å². The molecule has 1 aliphatic carbocycles. The predicted octanol–water partition coefficient (Wildman–Crippen LogP) is 3.36. The molecule has 8 nitrogen and oxygen atoms in total. The number of methoxy groups -OCH3 is 1. The summed E-state index contributed by atoms with van der Waals surface area (Å²) in [5.74, 6) is 0.172. The van der Waals surface area contributed by atoms with Crippen molar-refractivity contribution in [3.05, 3.63) is 46.3 Å². The summed E-state index contributed by atoms with van der Waals surface area (Å²) < 4.78 is 7.19. The molecule has 0 atom stereocenters. The van der Waals surface area contributed by atoms with Crippen molar-refractivity contribution in [3.63, 3.8) is 0 Å². The van der Waals surface area contributed by atoms with Crippen molar-refractivity contribution < 1.29 is 14.3 Å².